The minimum absolute atomic E-state index is 0. The molecule has 0 unspecified atom stereocenters. The van der Waals surface area contributed by atoms with Crippen molar-refractivity contribution in [3.05, 3.63) is 70.8 Å². The van der Waals surface area contributed by atoms with Gasteiger partial charge in [-0.25, -0.2) is 0 Å². The van der Waals surface area contributed by atoms with Crippen LogP contribution in [0.2, 0.25) is 0 Å². The lowest BCUT2D eigenvalue weighted by Crippen LogP contribution is -2.28. The van der Waals surface area contributed by atoms with E-state index in [9.17, 15) is 9.59 Å². The van der Waals surface area contributed by atoms with Crippen LogP contribution in [0, 0.1) is 13.8 Å². The first-order valence-corrected chi connectivity index (χ1v) is 10.4. The zero-order valence-electron chi connectivity index (χ0n) is 18.5. The molecule has 0 aliphatic carbocycles. The van der Waals surface area contributed by atoms with Gasteiger partial charge in [-0.05, 0) is 38.1 Å². The summed E-state index contributed by atoms with van der Waals surface area (Å²) < 4.78 is 10.8. The Labute approximate surface area is 182 Å². The largest absolute Gasteiger partial charge is 0.377 e. The molecule has 168 valence electrons. The van der Waals surface area contributed by atoms with Crippen LogP contribution in [0.1, 0.15) is 48.5 Å². The van der Waals surface area contributed by atoms with Crippen LogP contribution in [-0.4, -0.2) is 51.3 Å². The van der Waals surface area contributed by atoms with Crippen molar-refractivity contribution in [2.45, 2.75) is 27.7 Å². The molecule has 2 rings (SSSR count). The van der Waals surface area contributed by atoms with Gasteiger partial charge in [0.25, 0.3) is 11.8 Å². The summed E-state index contributed by atoms with van der Waals surface area (Å²) in [5.74, 6) is -0.215. The lowest BCUT2D eigenvalue weighted by atomic mass is 10.1. The van der Waals surface area contributed by atoms with Crippen molar-refractivity contribution in [2.24, 2.45) is 0 Å². The van der Waals surface area contributed by atoms with Crippen molar-refractivity contribution < 1.29 is 21.9 Å². The third kappa shape index (κ3) is 10.2. The second kappa shape index (κ2) is 15.2. The first-order chi connectivity index (χ1) is 14.6. The third-order valence-electron chi connectivity index (χ3n) is 4.06. The summed E-state index contributed by atoms with van der Waals surface area (Å²) in [6.45, 7) is 10.6. The predicted molar refractivity (Wildman–Crippen MR) is 124 cm³/mol. The molecule has 0 radical (unpaired) electrons. The van der Waals surface area contributed by atoms with Gasteiger partial charge >= 0.3 is 0 Å². The highest BCUT2D eigenvalue weighted by Crippen LogP contribution is 2.03. The number of nitrogens with one attached hydrogen (secondary N) is 2. The van der Waals surface area contributed by atoms with Gasteiger partial charge in [0, 0.05) is 27.1 Å². The van der Waals surface area contributed by atoms with Crippen LogP contribution in [0.4, 0.5) is 0 Å². The van der Waals surface area contributed by atoms with Crippen molar-refractivity contribution in [1.29, 1.82) is 0 Å². The van der Waals surface area contributed by atoms with E-state index < -0.39 is 0 Å². The number of amides is 2. The SMILES string of the molecule is CC.Cc1ccc(C(=O)NCCOCCOCCNC(=O)c2ccc(C)cc2)cc1.[HH].[HH]. The van der Waals surface area contributed by atoms with Crippen LogP contribution < -0.4 is 10.6 Å². The topological polar surface area (TPSA) is 76.7 Å². The fourth-order valence-electron chi connectivity index (χ4n) is 2.41. The number of aryl methyl sites for hydroxylation is 2. The highest BCUT2D eigenvalue weighted by Gasteiger charge is 2.04. The van der Waals surface area contributed by atoms with Crippen molar-refractivity contribution in [2.75, 3.05) is 39.5 Å². The van der Waals surface area contributed by atoms with Crippen molar-refractivity contribution in [3.63, 3.8) is 0 Å². The second-order valence-electron chi connectivity index (χ2n) is 6.47. The summed E-state index contributed by atoms with van der Waals surface area (Å²) in [6.07, 6.45) is 0. The van der Waals surface area contributed by atoms with Gasteiger partial charge < -0.3 is 20.1 Å². The molecule has 6 heteroatoms. The molecule has 0 saturated carbocycles. The van der Waals surface area contributed by atoms with E-state index in [1.807, 2.05) is 52.0 Å². The molecule has 0 heterocycles. The number of hydrogen-bond acceptors (Lipinski definition) is 4. The number of benzene rings is 2. The van der Waals surface area contributed by atoms with E-state index in [1.165, 1.54) is 0 Å². The fraction of sp³-hybridized carbons (Fsp3) is 0.417. The minimum atomic E-state index is -0.107. The summed E-state index contributed by atoms with van der Waals surface area (Å²) in [4.78, 5) is 23.8. The lowest BCUT2D eigenvalue weighted by Gasteiger charge is -2.08. The van der Waals surface area contributed by atoms with Gasteiger partial charge in [-0.3, -0.25) is 9.59 Å². The minimum Gasteiger partial charge on any atom is -0.377 e. The van der Waals surface area contributed by atoms with Gasteiger partial charge in [0.2, 0.25) is 0 Å². The summed E-state index contributed by atoms with van der Waals surface area (Å²) in [5.41, 5.74) is 3.52. The Morgan fingerprint density at radius 3 is 1.33 bits per heavy atom. The number of ether oxygens (including phenoxy) is 2. The van der Waals surface area contributed by atoms with Gasteiger partial charge in [-0.2, -0.15) is 0 Å². The molecule has 2 aromatic carbocycles. The fourth-order valence-corrected chi connectivity index (χ4v) is 2.41. The second-order valence-corrected chi connectivity index (χ2v) is 6.47. The summed E-state index contributed by atoms with van der Waals surface area (Å²) in [5, 5.41) is 5.62. The first kappa shape index (κ1) is 25.3. The van der Waals surface area contributed by atoms with Gasteiger partial charge in [0.15, 0.2) is 0 Å². The van der Waals surface area contributed by atoms with Crippen LogP contribution in [0.25, 0.3) is 0 Å². The molecule has 0 aliphatic rings. The molecule has 0 spiro atoms. The quantitative estimate of drug-likeness (QED) is 0.541. The Balaban J connectivity index is 0. The number of rotatable bonds is 11. The van der Waals surface area contributed by atoms with Gasteiger partial charge in [0.1, 0.15) is 0 Å². The predicted octanol–water partition coefficient (Wildman–Crippen LogP) is 4.01. The van der Waals surface area contributed by atoms with Gasteiger partial charge in [0.05, 0.1) is 26.4 Å². The third-order valence-corrected chi connectivity index (χ3v) is 4.06. The molecule has 2 aromatic rings. The summed E-state index contributed by atoms with van der Waals surface area (Å²) in [6, 6.07) is 14.8. The van der Waals surface area contributed by atoms with E-state index >= 15 is 0 Å². The molecule has 0 aliphatic heterocycles. The summed E-state index contributed by atoms with van der Waals surface area (Å²) >= 11 is 0. The molecule has 0 fully saturated rings. The van der Waals surface area contributed by atoms with Crippen molar-refractivity contribution in [3.8, 4) is 0 Å². The van der Waals surface area contributed by atoms with Crippen LogP contribution in [0.3, 0.4) is 0 Å². The molecule has 0 saturated heterocycles. The highest BCUT2D eigenvalue weighted by atomic mass is 16.5. The van der Waals surface area contributed by atoms with Gasteiger partial charge in [-0.15, -0.1) is 0 Å². The molecule has 30 heavy (non-hydrogen) atoms. The Morgan fingerprint density at radius 1 is 0.667 bits per heavy atom. The van der Waals surface area contributed by atoms with E-state index in [0.29, 0.717) is 50.6 Å². The Kier molecular flexibility index (Phi) is 12.8. The average Bonchev–Trinajstić information content (AvgIpc) is 2.77. The monoisotopic (exact) mass is 418 g/mol. The van der Waals surface area contributed by atoms with Crippen LogP contribution in [-0.2, 0) is 9.47 Å². The lowest BCUT2D eigenvalue weighted by molar-refractivity contribution is 0.0486. The van der Waals surface area contributed by atoms with Gasteiger partial charge in [-0.1, -0.05) is 49.2 Å². The maximum absolute atomic E-state index is 11.9. The van der Waals surface area contributed by atoms with E-state index in [4.69, 9.17) is 9.47 Å². The number of carbonyl (C=O) groups excluding carboxylic acids is 2. The van der Waals surface area contributed by atoms with Crippen molar-refractivity contribution in [1.82, 2.24) is 10.6 Å². The van der Waals surface area contributed by atoms with E-state index in [1.54, 1.807) is 24.3 Å². The van der Waals surface area contributed by atoms with E-state index in [2.05, 4.69) is 10.6 Å². The van der Waals surface area contributed by atoms with Crippen LogP contribution in [0.5, 0.6) is 0 Å². The molecular formula is C24H38N2O4. The number of carbonyl (C=O) groups is 2. The number of hydrogen-bond donors (Lipinski definition) is 2. The maximum atomic E-state index is 11.9. The molecule has 0 bridgehead atoms. The Bertz CT molecular complexity index is 688. The van der Waals surface area contributed by atoms with Crippen LogP contribution >= 0.6 is 0 Å². The van der Waals surface area contributed by atoms with E-state index in [-0.39, 0.29) is 14.7 Å². The van der Waals surface area contributed by atoms with Crippen LogP contribution in [0.15, 0.2) is 48.5 Å². The highest BCUT2D eigenvalue weighted by molar-refractivity contribution is 5.94. The summed E-state index contributed by atoms with van der Waals surface area (Å²) in [7, 11) is 0. The Morgan fingerprint density at radius 2 is 1.00 bits per heavy atom. The zero-order valence-corrected chi connectivity index (χ0v) is 18.5. The Hall–Kier alpha value is -2.70. The zero-order chi connectivity index (χ0) is 22.2. The molecule has 0 atom stereocenters. The first-order valence-electron chi connectivity index (χ1n) is 10.4. The van der Waals surface area contributed by atoms with Crippen molar-refractivity contribution >= 4 is 11.8 Å². The molecule has 2 N–H and O–H groups in total. The van der Waals surface area contributed by atoms with E-state index in [0.717, 1.165) is 11.1 Å². The molecule has 6 nitrogen and oxygen atoms in total. The molecular weight excluding hydrogens is 380 g/mol. The normalized spacial score (nSPS) is 10.0. The smallest absolute Gasteiger partial charge is 0.251 e. The average molecular weight is 419 g/mol. The maximum Gasteiger partial charge on any atom is 0.251 e. The molecule has 2 amide bonds. The standard InChI is InChI=1S/C22H28N2O4.C2H6.2H2/c1-17-3-7-19(8-4-17)21(25)23-11-13-27-15-16-28-14-12-24-22(26)20-9-5-18(2)6-10-20;1-2;;/h3-10H,11-16H2,1-2H3,(H,23,25)(H,24,26);1-2H3;2*1H. The molecule has 0 aromatic heterocycles.